The molecule has 0 aliphatic rings. The van der Waals surface area contributed by atoms with Crippen molar-refractivity contribution >= 4 is 17.9 Å². The SMILES string of the molecule is CC/C=C/C/C=C/CCCCCCCCCC(=O)OCC(COCCC(C(=O)[O-])[N+](C)(C)C)OC(=O)CCCCCCC/C=C/CCCC. The first-order chi connectivity index (χ1) is 23.6. The topological polar surface area (TPSA) is 102 Å². The van der Waals surface area contributed by atoms with Crippen LogP contribution in [0, 0.1) is 0 Å². The van der Waals surface area contributed by atoms with Gasteiger partial charge in [0, 0.05) is 19.3 Å². The molecule has 0 aliphatic heterocycles. The number of aliphatic carboxylic acids is 1. The minimum Gasteiger partial charge on any atom is -0.544 e. The van der Waals surface area contributed by atoms with Gasteiger partial charge in [-0.1, -0.05) is 115 Å². The predicted molar refractivity (Wildman–Crippen MR) is 199 cm³/mol. The maximum atomic E-state index is 12.6. The van der Waals surface area contributed by atoms with Gasteiger partial charge in [-0.3, -0.25) is 9.59 Å². The van der Waals surface area contributed by atoms with E-state index >= 15 is 0 Å². The van der Waals surface area contributed by atoms with Crippen molar-refractivity contribution in [3.63, 3.8) is 0 Å². The molecule has 8 nitrogen and oxygen atoms in total. The van der Waals surface area contributed by atoms with Crippen LogP contribution in [0.3, 0.4) is 0 Å². The highest BCUT2D eigenvalue weighted by molar-refractivity contribution is 5.70. The number of hydrogen-bond acceptors (Lipinski definition) is 7. The zero-order valence-electron chi connectivity index (χ0n) is 32.1. The van der Waals surface area contributed by atoms with E-state index in [0.717, 1.165) is 77.0 Å². The molecule has 2 atom stereocenters. The summed E-state index contributed by atoms with van der Waals surface area (Å²) in [5, 5.41) is 11.6. The van der Waals surface area contributed by atoms with Crippen molar-refractivity contribution in [3.8, 4) is 0 Å². The lowest BCUT2D eigenvalue weighted by Gasteiger charge is -2.34. The van der Waals surface area contributed by atoms with Crippen LogP contribution < -0.4 is 5.11 Å². The zero-order chi connectivity index (χ0) is 36.4. The van der Waals surface area contributed by atoms with Crippen LogP contribution in [0.4, 0.5) is 0 Å². The predicted octanol–water partition coefficient (Wildman–Crippen LogP) is 8.57. The normalized spacial score (nSPS) is 13.4. The van der Waals surface area contributed by atoms with Crippen LogP contribution in [0.5, 0.6) is 0 Å². The molecule has 0 aromatic heterocycles. The van der Waals surface area contributed by atoms with Gasteiger partial charge in [0.1, 0.15) is 12.6 Å². The van der Waals surface area contributed by atoms with Crippen molar-refractivity contribution in [1.29, 1.82) is 0 Å². The molecule has 0 radical (unpaired) electrons. The number of allylic oxidation sites excluding steroid dienone is 6. The second kappa shape index (κ2) is 32.7. The fourth-order valence-electron chi connectivity index (χ4n) is 5.44. The second-order valence-electron chi connectivity index (χ2n) is 14.1. The van der Waals surface area contributed by atoms with Gasteiger partial charge in [-0.15, -0.1) is 0 Å². The molecule has 0 amide bonds. The van der Waals surface area contributed by atoms with E-state index in [0.29, 0.717) is 12.8 Å². The van der Waals surface area contributed by atoms with Crippen molar-refractivity contribution < 1.29 is 38.2 Å². The average Bonchev–Trinajstić information content (AvgIpc) is 3.05. The van der Waals surface area contributed by atoms with Crippen LogP contribution in [0.25, 0.3) is 0 Å². The lowest BCUT2D eigenvalue weighted by Crippen LogP contribution is -2.55. The van der Waals surface area contributed by atoms with Gasteiger partial charge in [0.25, 0.3) is 0 Å². The Hall–Kier alpha value is -2.45. The molecule has 8 heteroatoms. The highest BCUT2D eigenvalue weighted by Crippen LogP contribution is 2.13. The maximum Gasteiger partial charge on any atom is 0.306 e. The maximum absolute atomic E-state index is 12.6. The minimum atomic E-state index is -1.13. The van der Waals surface area contributed by atoms with Crippen LogP contribution in [0.15, 0.2) is 36.5 Å². The number of likely N-dealkylation sites (N-methyl/N-ethyl adjacent to an activating group) is 1. The Morgan fingerprint density at radius 2 is 1.14 bits per heavy atom. The van der Waals surface area contributed by atoms with Gasteiger partial charge in [-0.05, 0) is 57.8 Å². The van der Waals surface area contributed by atoms with Gasteiger partial charge >= 0.3 is 11.9 Å². The number of carbonyl (C=O) groups excluding carboxylic acids is 3. The summed E-state index contributed by atoms with van der Waals surface area (Å²) in [5.74, 6) is -1.76. The summed E-state index contributed by atoms with van der Waals surface area (Å²) in [6.45, 7) is 4.48. The Bertz CT molecular complexity index is 906. The third-order valence-corrected chi connectivity index (χ3v) is 8.51. The van der Waals surface area contributed by atoms with Crippen LogP contribution >= 0.6 is 0 Å². The van der Waals surface area contributed by atoms with Crippen LogP contribution in [0.2, 0.25) is 0 Å². The molecule has 0 aromatic rings. The zero-order valence-corrected chi connectivity index (χ0v) is 32.1. The number of carboxylic acid groups (broad SMARTS) is 1. The van der Waals surface area contributed by atoms with Gasteiger partial charge in [0.2, 0.25) is 0 Å². The molecule has 2 unspecified atom stereocenters. The highest BCUT2D eigenvalue weighted by atomic mass is 16.6. The number of nitrogens with zero attached hydrogens (tertiary/aromatic N) is 1. The third-order valence-electron chi connectivity index (χ3n) is 8.51. The molecule has 0 heterocycles. The molecular formula is C41H73NO7. The third kappa shape index (κ3) is 31.3. The minimum absolute atomic E-state index is 0.0351. The van der Waals surface area contributed by atoms with Crippen LogP contribution in [-0.4, -0.2) is 75.5 Å². The summed E-state index contributed by atoms with van der Waals surface area (Å²) in [6.07, 6.45) is 34.5. The molecule has 0 fully saturated rings. The van der Waals surface area contributed by atoms with E-state index in [1.807, 2.05) is 0 Å². The second-order valence-corrected chi connectivity index (χ2v) is 14.1. The molecule has 0 spiro atoms. The molecular weight excluding hydrogens is 618 g/mol. The molecule has 0 saturated heterocycles. The van der Waals surface area contributed by atoms with Crippen molar-refractivity contribution in [3.05, 3.63) is 36.5 Å². The number of quaternary nitrogens is 1. The van der Waals surface area contributed by atoms with Crippen molar-refractivity contribution in [2.75, 3.05) is 41.0 Å². The monoisotopic (exact) mass is 692 g/mol. The summed E-state index contributed by atoms with van der Waals surface area (Å²) in [6, 6.07) is -0.726. The number of hydrogen-bond donors (Lipinski definition) is 0. The molecule has 0 N–H and O–H groups in total. The summed E-state index contributed by atoms with van der Waals surface area (Å²) >= 11 is 0. The summed E-state index contributed by atoms with van der Waals surface area (Å²) in [4.78, 5) is 36.6. The Kier molecular flexibility index (Phi) is 31.1. The van der Waals surface area contributed by atoms with E-state index < -0.39 is 18.1 Å². The van der Waals surface area contributed by atoms with Crippen LogP contribution in [-0.2, 0) is 28.6 Å². The lowest BCUT2D eigenvalue weighted by molar-refractivity contribution is -0.889. The fourth-order valence-corrected chi connectivity index (χ4v) is 5.44. The van der Waals surface area contributed by atoms with Crippen molar-refractivity contribution in [1.82, 2.24) is 0 Å². The first-order valence-corrected chi connectivity index (χ1v) is 19.5. The molecule has 284 valence electrons. The molecule has 0 aliphatic carbocycles. The molecule has 0 rings (SSSR count). The number of carboxylic acids is 1. The van der Waals surface area contributed by atoms with E-state index in [9.17, 15) is 19.5 Å². The quantitative estimate of drug-likeness (QED) is 0.0288. The summed E-state index contributed by atoms with van der Waals surface area (Å²) < 4.78 is 17.1. The molecule has 0 aromatic carbocycles. The van der Waals surface area contributed by atoms with E-state index in [2.05, 4.69) is 50.3 Å². The Labute approximate surface area is 300 Å². The van der Waals surface area contributed by atoms with Crippen LogP contribution in [0.1, 0.15) is 155 Å². The molecule has 0 saturated carbocycles. The van der Waals surface area contributed by atoms with Gasteiger partial charge in [-0.2, -0.15) is 0 Å². The van der Waals surface area contributed by atoms with Gasteiger partial charge in [-0.25, -0.2) is 0 Å². The number of unbranched alkanes of at least 4 members (excludes halogenated alkanes) is 14. The largest absolute Gasteiger partial charge is 0.544 e. The Morgan fingerprint density at radius 1 is 0.633 bits per heavy atom. The Morgan fingerprint density at radius 3 is 1.69 bits per heavy atom. The molecule has 0 bridgehead atoms. The lowest BCUT2D eigenvalue weighted by atomic mass is 10.1. The van der Waals surface area contributed by atoms with E-state index in [4.69, 9.17) is 14.2 Å². The first kappa shape index (κ1) is 46.5. The smallest absolute Gasteiger partial charge is 0.306 e. The van der Waals surface area contributed by atoms with E-state index in [1.165, 1.54) is 44.9 Å². The Balaban J connectivity index is 4.42. The average molecular weight is 692 g/mol. The summed E-state index contributed by atoms with van der Waals surface area (Å²) in [5.41, 5.74) is 0. The number of esters is 2. The van der Waals surface area contributed by atoms with E-state index in [1.54, 1.807) is 21.1 Å². The number of rotatable bonds is 34. The first-order valence-electron chi connectivity index (χ1n) is 19.5. The van der Waals surface area contributed by atoms with Gasteiger partial charge in [0.05, 0.1) is 40.3 Å². The fraction of sp³-hybridized carbons (Fsp3) is 0.780. The highest BCUT2D eigenvalue weighted by Gasteiger charge is 2.25. The summed E-state index contributed by atoms with van der Waals surface area (Å²) in [7, 11) is 5.39. The van der Waals surface area contributed by atoms with Gasteiger partial charge in [0.15, 0.2) is 6.10 Å². The van der Waals surface area contributed by atoms with Crippen molar-refractivity contribution in [2.45, 2.75) is 167 Å². The van der Waals surface area contributed by atoms with Gasteiger partial charge < -0.3 is 28.6 Å². The van der Waals surface area contributed by atoms with Crippen molar-refractivity contribution in [2.24, 2.45) is 0 Å². The number of ether oxygens (including phenoxy) is 3. The standard InChI is InChI=1S/C41H73NO7/c1-6-8-10-12-14-16-18-19-20-22-23-25-27-29-31-39(43)48-36-37(35-47-34-33-38(41(45)46)42(3,4)5)49-40(44)32-30-28-26-24-21-17-15-13-11-9-7-2/h8,10,13-16,37-38H,6-7,9,11-12,17-36H2,1-5H3/b10-8+,15-13+,16-14+. The number of carbonyl (C=O) groups is 3. The van der Waals surface area contributed by atoms with E-state index in [-0.39, 0.29) is 42.7 Å². The molecule has 49 heavy (non-hydrogen) atoms.